The number of anilines is 1. The highest BCUT2D eigenvalue weighted by Gasteiger charge is 2.15. The van der Waals surface area contributed by atoms with Crippen LogP contribution in [0.3, 0.4) is 0 Å². The summed E-state index contributed by atoms with van der Waals surface area (Å²) >= 11 is 0. The normalized spacial score (nSPS) is 10.7. The van der Waals surface area contributed by atoms with Gasteiger partial charge in [0.25, 0.3) is 0 Å². The van der Waals surface area contributed by atoms with Gasteiger partial charge in [-0.2, -0.15) is 0 Å². The number of imidazole rings is 1. The predicted molar refractivity (Wildman–Crippen MR) is 103 cm³/mol. The summed E-state index contributed by atoms with van der Waals surface area (Å²) in [5, 5.41) is 3.48. The first kappa shape index (κ1) is 16.8. The van der Waals surface area contributed by atoms with E-state index >= 15 is 0 Å². The SMILES string of the molecule is COc1ccc(CNc2c(-c3cccnc3)nc3cc(OC)ncn23)cc1. The third kappa shape index (κ3) is 3.39. The minimum Gasteiger partial charge on any atom is -0.497 e. The second-order valence-electron chi connectivity index (χ2n) is 5.91. The summed E-state index contributed by atoms with van der Waals surface area (Å²) in [4.78, 5) is 13.3. The molecule has 0 fully saturated rings. The predicted octanol–water partition coefficient (Wildman–Crippen LogP) is 3.42. The number of pyridine rings is 1. The number of fused-ring (bicyclic) bond motifs is 1. The minimum absolute atomic E-state index is 0.520. The molecular weight excluding hydrogens is 342 g/mol. The maximum Gasteiger partial charge on any atom is 0.218 e. The van der Waals surface area contributed by atoms with E-state index in [1.165, 1.54) is 0 Å². The number of ether oxygens (including phenoxy) is 2. The van der Waals surface area contributed by atoms with E-state index in [1.54, 1.807) is 39.0 Å². The van der Waals surface area contributed by atoms with Gasteiger partial charge in [-0.1, -0.05) is 12.1 Å². The molecule has 0 bridgehead atoms. The van der Waals surface area contributed by atoms with Gasteiger partial charge in [0, 0.05) is 30.6 Å². The number of aromatic nitrogens is 4. The third-order valence-corrected chi connectivity index (χ3v) is 4.25. The smallest absolute Gasteiger partial charge is 0.218 e. The van der Waals surface area contributed by atoms with Crippen LogP contribution < -0.4 is 14.8 Å². The Balaban J connectivity index is 1.72. The quantitative estimate of drug-likeness (QED) is 0.567. The van der Waals surface area contributed by atoms with Gasteiger partial charge in [0.1, 0.15) is 29.2 Å². The van der Waals surface area contributed by atoms with E-state index in [4.69, 9.17) is 14.5 Å². The molecule has 4 rings (SSSR count). The first-order valence-corrected chi connectivity index (χ1v) is 8.48. The highest BCUT2D eigenvalue weighted by atomic mass is 16.5. The molecule has 3 aromatic heterocycles. The molecule has 7 heteroatoms. The average Bonchev–Trinajstić information content (AvgIpc) is 3.11. The monoisotopic (exact) mass is 361 g/mol. The third-order valence-electron chi connectivity index (χ3n) is 4.25. The van der Waals surface area contributed by atoms with Crippen LogP contribution in [0.15, 0.2) is 61.2 Å². The van der Waals surface area contributed by atoms with Gasteiger partial charge >= 0.3 is 0 Å². The van der Waals surface area contributed by atoms with Gasteiger partial charge in [-0.05, 0) is 29.8 Å². The molecule has 0 aliphatic carbocycles. The largest absolute Gasteiger partial charge is 0.497 e. The molecule has 0 unspecified atom stereocenters. The van der Waals surface area contributed by atoms with E-state index in [0.717, 1.165) is 34.0 Å². The lowest BCUT2D eigenvalue weighted by atomic mass is 10.2. The number of nitrogens with zero attached hydrogens (tertiary/aromatic N) is 4. The van der Waals surface area contributed by atoms with Crippen molar-refractivity contribution < 1.29 is 9.47 Å². The van der Waals surface area contributed by atoms with E-state index in [-0.39, 0.29) is 0 Å². The molecule has 0 saturated carbocycles. The Hall–Kier alpha value is -3.61. The minimum atomic E-state index is 0.520. The molecule has 136 valence electrons. The van der Waals surface area contributed by atoms with Crippen molar-refractivity contribution in [1.29, 1.82) is 0 Å². The number of hydrogen-bond acceptors (Lipinski definition) is 6. The fraction of sp³-hybridized carbons (Fsp3) is 0.150. The number of methoxy groups -OCH3 is 2. The molecule has 0 aliphatic rings. The van der Waals surface area contributed by atoms with Crippen LogP contribution in [-0.2, 0) is 6.54 Å². The molecule has 1 aromatic carbocycles. The summed E-state index contributed by atoms with van der Waals surface area (Å²) in [5.41, 5.74) is 3.62. The summed E-state index contributed by atoms with van der Waals surface area (Å²) < 4.78 is 12.3. The molecule has 1 N–H and O–H groups in total. The summed E-state index contributed by atoms with van der Waals surface area (Å²) in [6.45, 7) is 0.636. The Bertz CT molecular complexity index is 1050. The number of benzene rings is 1. The fourth-order valence-corrected chi connectivity index (χ4v) is 2.84. The van der Waals surface area contributed by atoms with Crippen LogP contribution in [0.4, 0.5) is 5.82 Å². The Morgan fingerprint density at radius 1 is 1.07 bits per heavy atom. The molecule has 27 heavy (non-hydrogen) atoms. The second-order valence-corrected chi connectivity index (χ2v) is 5.91. The first-order valence-electron chi connectivity index (χ1n) is 8.48. The molecule has 0 atom stereocenters. The highest BCUT2D eigenvalue weighted by molar-refractivity contribution is 5.76. The van der Waals surface area contributed by atoms with Crippen molar-refractivity contribution >= 4 is 11.5 Å². The van der Waals surface area contributed by atoms with Crippen LogP contribution in [0, 0.1) is 0 Å². The molecule has 4 aromatic rings. The van der Waals surface area contributed by atoms with Crippen molar-refractivity contribution in [3.8, 4) is 22.9 Å². The van der Waals surface area contributed by atoms with Gasteiger partial charge in [-0.15, -0.1) is 0 Å². The zero-order valence-corrected chi connectivity index (χ0v) is 15.1. The van der Waals surface area contributed by atoms with Crippen LogP contribution in [0.5, 0.6) is 11.6 Å². The van der Waals surface area contributed by atoms with Crippen molar-refractivity contribution in [2.45, 2.75) is 6.54 Å². The topological polar surface area (TPSA) is 73.6 Å². The molecular formula is C20H19N5O2. The Morgan fingerprint density at radius 3 is 2.63 bits per heavy atom. The lowest BCUT2D eigenvalue weighted by Crippen LogP contribution is -2.04. The van der Waals surface area contributed by atoms with Crippen LogP contribution in [0.2, 0.25) is 0 Å². The maximum atomic E-state index is 5.22. The van der Waals surface area contributed by atoms with Crippen molar-refractivity contribution in [2.75, 3.05) is 19.5 Å². The molecule has 0 radical (unpaired) electrons. The van der Waals surface area contributed by atoms with Crippen LogP contribution in [0.25, 0.3) is 16.9 Å². The molecule has 3 heterocycles. The lowest BCUT2D eigenvalue weighted by molar-refractivity contribution is 0.397. The fourth-order valence-electron chi connectivity index (χ4n) is 2.84. The van der Waals surface area contributed by atoms with E-state index in [0.29, 0.717) is 12.4 Å². The van der Waals surface area contributed by atoms with Crippen LogP contribution >= 0.6 is 0 Å². The lowest BCUT2D eigenvalue weighted by Gasteiger charge is -2.09. The van der Waals surface area contributed by atoms with Crippen molar-refractivity contribution in [1.82, 2.24) is 19.4 Å². The summed E-state index contributed by atoms with van der Waals surface area (Å²) in [6, 6.07) is 13.6. The van der Waals surface area contributed by atoms with Crippen LogP contribution in [0.1, 0.15) is 5.56 Å². The van der Waals surface area contributed by atoms with E-state index in [1.807, 2.05) is 40.8 Å². The zero-order valence-electron chi connectivity index (χ0n) is 15.1. The van der Waals surface area contributed by atoms with Gasteiger partial charge in [-0.3, -0.25) is 9.38 Å². The van der Waals surface area contributed by atoms with Gasteiger partial charge in [0.05, 0.1) is 14.2 Å². The van der Waals surface area contributed by atoms with Crippen LogP contribution in [-0.4, -0.2) is 33.6 Å². The molecule has 7 nitrogen and oxygen atoms in total. The van der Waals surface area contributed by atoms with E-state index < -0.39 is 0 Å². The number of rotatable bonds is 6. The van der Waals surface area contributed by atoms with Gasteiger partial charge in [-0.25, -0.2) is 9.97 Å². The molecule has 0 spiro atoms. The van der Waals surface area contributed by atoms with Crippen molar-refractivity contribution in [3.63, 3.8) is 0 Å². The van der Waals surface area contributed by atoms with Gasteiger partial charge < -0.3 is 14.8 Å². The summed E-state index contributed by atoms with van der Waals surface area (Å²) in [5.74, 6) is 2.21. The highest BCUT2D eigenvalue weighted by Crippen LogP contribution is 2.29. The van der Waals surface area contributed by atoms with Crippen molar-refractivity contribution in [2.24, 2.45) is 0 Å². The van der Waals surface area contributed by atoms with E-state index in [9.17, 15) is 0 Å². The summed E-state index contributed by atoms with van der Waals surface area (Å²) in [6.07, 6.45) is 5.25. The zero-order chi connectivity index (χ0) is 18.6. The van der Waals surface area contributed by atoms with Gasteiger partial charge in [0.2, 0.25) is 5.88 Å². The standard InChI is InChI=1S/C20H19N5O2/c1-26-16-7-5-14(6-8-16)11-22-20-19(15-4-3-9-21-12-15)24-17-10-18(27-2)23-13-25(17)20/h3-10,12-13,22H,11H2,1-2H3. The second kappa shape index (κ2) is 7.33. The Morgan fingerprint density at radius 2 is 1.93 bits per heavy atom. The average molecular weight is 361 g/mol. The molecule has 0 aliphatic heterocycles. The summed E-state index contributed by atoms with van der Waals surface area (Å²) in [7, 11) is 3.25. The van der Waals surface area contributed by atoms with Crippen molar-refractivity contribution in [3.05, 3.63) is 66.7 Å². The maximum absolute atomic E-state index is 5.22. The number of hydrogen-bond donors (Lipinski definition) is 1. The Labute approximate surface area is 156 Å². The Kier molecular flexibility index (Phi) is 4.57. The number of nitrogens with one attached hydrogen (secondary N) is 1. The first-order chi connectivity index (χ1) is 13.3. The molecule has 0 saturated heterocycles. The van der Waals surface area contributed by atoms with E-state index in [2.05, 4.69) is 15.3 Å². The molecule has 0 amide bonds. The van der Waals surface area contributed by atoms with Gasteiger partial charge in [0.15, 0.2) is 0 Å².